The van der Waals surface area contributed by atoms with Gasteiger partial charge in [-0.2, -0.15) is 5.10 Å². The van der Waals surface area contributed by atoms with E-state index in [0.29, 0.717) is 58.5 Å². The quantitative estimate of drug-likeness (QED) is 0.0317. The molecule has 8 aromatic rings. The number of aromatic nitrogens is 5. The van der Waals surface area contributed by atoms with Crippen molar-refractivity contribution < 1.29 is 75.0 Å². The van der Waals surface area contributed by atoms with E-state index in [2.05, 4.69) is 41.0 Å². The smallest absolute Gasteiger partial charge is 0.273 e. The molecule has 0 saturated heterocycles. The highest BCUT2D eigenvalue weighted by atomic mass is 35.5. The first-order valence-electron chi connectivity index (χ1n) is 36.6. The third-order valence-corrected chi connectivity index (χ3v) is 23.9. The summed E-state index contributed by atoms with van der Waals surface area (Å²) >= 11 is 23.2. The molecule has 112 heavy (non-hydrogen) atoms. The van der Waals surface area contributed by atoms with E-state index in [1.54, 1.807) is 60.4 Å². The lowest BCUT2D eigenvalue weighted by Gasteiger charge is -2.70. The highest BCUT2D eigenvalue weighted by molar-refractivity contribution is 6.32. The van der Waals surface area contributed by atoms with Crippen molar-refractivity contribution in [2.75, 3.05) is 26.4 Å². The van der Waals surface area contributed by atoms with Crippen LogP contribution in [0.2, 0.25) is 20.1 Å². The van der Waals surface area contributed by atoms with Gasteiger partial charge in [-0.15, -0.1) is 0 Å². The lowest BCUT2D eigenvalue weighted by Crippen LogP contribution is -2.75. The van der Waals surface area contributed by atoms with Crippen molar-refractivity contribution in [2.24, 2.45) is 28.7 Å². The predicted octanol–water partition coefficient (Wildman–Crippen LogP) is 14.0. The molecule has 12 saturated carbocycles. The summed E-state index contributed by atoms with van der Waals surface area (Å²) in [6.07, 6.45) is 18.3. The molecule has 4 aromatic carbocycles. The normalized spacial score (nSPS) is 24.8. The molecule has 0 spiro atoms. The zero-order valence-corrected chi connectivity index (χ0v) is 65.0. The summed E-state index contributed by atoms with van der Waals surface area (Å²) in [5.74, 6) is -1.08. The third-order valence-electron chi connectivity index (χ3n) is 22.4. The fourth-order valence-electron chi connectivity index (χ4n) is 18.0. The first kappa shape index (κ1) is 80.2. The minimum absolute atomic E-state index is 0.00323. The van der Waals surface area contributed by atoms with Crippen LogP contribution in [0.1, 0.15) is 175 Å². The zero-order chi connectivity index (χ0) is 79.9. The van der Waals surface area contributed by atoms with Crippen molar-refractivity contribution in [1.29, 1.82) is 0 Å². The first-order valence-corrected chi connectivity index (χ1v) is 38.1. The van der Waals surface area contributed by atoms with Gasteiger partial charge in [0.05, 0.1) is 21.8 Å². The molecule has 12 aliphatic rings. The van der Waals surface area contributed by atoms with E-state index in [4.69, 9.17) is 65.4 Å². The average molecular weight is 1620 g/mol. The number of nitrogens with zero attached hydrogens (tertiary/aromatic N) is 5. The topological polar surface area (TPSA) is 300 Å². The molecule has 12 fully saturated rings. The van der Waals surface area contributed by atoms with Crippen LogP contribution in [0.5, 0.6) is 23.0 Å². The maximum Gasteiger partial charge on any atom is 0.273 e. The van der Waals surface area contributed by atoms with E-state index in [1.165, 1.54) is 59.5 Å². The Kier molecular flexibility index (Phi) is 22.6. The summed E-state index contributed by atoms with van der Waals surface area (Å²) in [6.45, 7) is 7.47. The fourth-order valence-corrected chi connectivity index (χ4v) is 18.4. The minimum Gasteiger partial charge on any atom is -0.486 e. The lowest BCUT2D eigenvalue weighted by molar-refractivity contribution is -0.165. The van der Waals surface area contributed by atoms with Gasteiger partial charge in [0.2, 0.25) is 5.56 Å². The lowest BCUT2D eigenvalue weighted by atomic mass is 9.38. The molecule has 0 radical (unpaired) electrons. The Balaban J connectivity index is 0.000000131. The van der Waals surface area contributed by atoms with Crippen LogP contribution in [0.25, 0.3) is 0 Å². The number of aryl methyl sites for hydroxylation is 3. The van der Waals surface area contributed by atoms with Crippen LogP contribution in [-0.4, -0.2) is 120 Å². The molecule has 4 aromatic heterocycles. The van der Waals surface area contributed by atoms with Crippen LogP contribution in [0.3, 0.4) is 0 Å². The van der Waals surface area contributed by atoms with Crippen LogP contribution < -0.4 is 45.8 Å². The predicted molar refractivity (Wildman–Crippen MR) is 407 cm³/mol. The number of pyridine rings is 2. The largest absolute Gasteiger partial charge is 0.486 e. The van der Waals surface area contributed by atoms with Crippen LogP contribution in [0.15, 0.2) is 143 Å². The molecule has 20 rings (SSSR count). The van der Waals surface area contributed by atoms with Crippen molar-refractivity contribution in [3.05, 3.63) is 216 Å². The van der Waals surface area contributed by atoms with Crippen molar-refractivity contribution >= 4 is 93.2 Å². The van der Waals surface area contributed by atoms with E-state index >= 15 is 0 Å². The second-order valence-electron chi connectivity index (χ2n) is 32.4. The number of ketones is 4. The highest BCUT2D eigenvalue weighted by Crippen LogP contribution is 2.71. The Bertz CT molecular complexity index is 5030. The van der Waals surface area contributed by atoms with Crippen molar-refractivity contribution in [3.63, 3.8) is 0 Å². The molecule has 4 N–H and O–H groups in total. The Labute approximate surface area is 662 Å². The van der Waals surface area contributed by atoms with Crippen molar-refractivity contribution in [1.82, 2.24) is 45.8 Å². The molecule has 588 valence electrons. The van der Waals surface area contributed by atoms with Crippen LogP contribution in [0.4, 0.5) is 13.2 Å². The Morgan fingerprint density at radius 2 is 0.929 bits per heavy atom. The Hall–Kier alpha value is -9.89. The van der Waals surface area contributed by atoms with E-state index in [0.717, 1.165) is 107 Å². The molecule has 0 atom stereocenters. The number of amides is 4. The number of nitrogens with one attached hydrogen (secondary N) is 4. The van der Waals surface area contributed by atoms with Crippen molar-refractivity contribution in [2.45, 2.75) is 159 Å². The molecule has 0 unspecified atom stereocenters. The molecular formula is C82H82Cl4F3N9O14. The van der Waals surface area contributed by atoms with Crippen LogP contribution >= 0.6 is 46.4 Å². The van der Waals surface area contributed by atoms with Gasteiger partial charge in [-0.3, -0.25) is 52.8 Å². The maximum atomic E-state index is 13.7. The molecule has 0 aliphatic heterocycles. The number of benzene rings is 4. The molecule has 23 nitrogen and oxygen atoms in total. The van der Waals surface area contributed by atoms with Gasteiger partial charge in [0.1, 0.15) is 59.8 Å². The second kappa shape index (κ2) is 31.6. The average Bonchev–Trinajstić information content (AvgIpc) is 0.725. The van der Waals surface area contributed by atoms with Gasteiger partial charge in [-0.1, -0.05) is 51.6 Å². The third kappa shape index (κ3) is 17.9. The number of hydrogen-bond acceptors (Lipinski definition) is 17. The molecular weight excluding hydrogens is 1530 g/mol. The standard InChI is InChI=1S/C21H23ClFN3O3.C21H20ClFN2O4.C21H20ClFN2O3.C19H19ClN2O4/c1-13(2)26-6-5-17(25-26)18(27)8-20-10-21(11-20,12-20)24-19(28)9-29-14-3-4-15(22)16(23)7-14;1-25-8-13(2-5-19(25)28)17(26)7-20-10-21(11-20,12-20)24-18(27)9-29-14-3-4-15(22)16(23)6-14;1-13-6-15(2-3-17(13)22)28-9-14(26)7-20-10-21(11-20,12-20)25-19(27)16-4-5-24-8-18(16)23;1-12-6-14(2-3-15(12)20)25-8-13(23)7-18-9-19(10-18,11-18)21-17(24)16-4-5-26-22-16/h3-7,13H,8-12H2,1-2H3,(H,24,28);2-6,8H,7,9-12H2,1H3,(H,24,27);2-6,8H,7,9-12H2,1H3,(H,25,27);2-6H,7-11H2,1H3,(H,21,24). The maximum absolute atomic E-state index is 13.7. The molecule has 4 heterocycles. The molecule has 30 heteroatoms. The van der Waals surface area contributed by atoms with Gasteiger partial charge in [0.15, 0.2) is 47.9 Å². The first-order chi connectivity index (χ1) is 53.1. The monoisotopic (exact) mass is 1610 g/mol. The summed E-state index contributed by atoms with van der Waals surface area (Å²) in [5, 5.41) is 21.2. The van der Waals surface area contributed by atoms with Crippen LogP contribution in [-0.2, 0) is 26.2 Å². The van der Waals surface area contributed by atoms with Gasteiger partial charge in [-0.25, -0.2) is 13.2 Å². The van der Waals surface area contributed by atoms with Crippen LogP contribution in [0, 0.1) is 53.0 Å². The van der Waals surface area contributed by atoms with Gasteiger partial charge < -0.3 is 49.3 Å². The zero-order valence-electron chi connectivity index (χ0n) is 62.0. The highest BCUT2D eigenvalue weighted by Gasteiger charge is 2.71. The summed E-state index contributed by atoms with van der Waals surface area (Å²) in [4.78, 5) is 113. The van der Waals surface area contributed by atoms with Crippen molar-refractivity contribution in [3.8, 4) is 23.0 Å². The number of carbonyl (C=O) groups excluding carboxylic acids is 8. The van der Waals surface area contributed by atoms with Gasteiger partial charge >= 0.3 is 0 Å². The summed E-state index contributed by atoms with van der Waals surface area (Å²) in [6, 6.07) is 26.5. The van der Waals surface area contributed by atoms with E-state index < -0.39 is 23.4 Å². The summed E-state index contributed by atoms with van der Waals surface area (Å²) in [5.41, 5.74) is 1.86. The molecule has 4 amide bonds. The number of rotatable bonds is 29. The Morgan fingerprint density at radius 1 is 0.500 bits per heavy atom. The van der Waals surface area contributed by atoms with E-state index in [1.807, 2.05) is 40.0 Å². The number of Topliss-reactive ketones (excluding diaryl/α,β-unsaturated/α-hetero) is 4. The number of halogens is 7. The minimum atomic E-state index is -0.633. The fraction of sp³-hybridized carbons (Fsp3) is 0.415. The van der Waals surface area contributed by atoms with E-state index in [-0.39, 0.29) is 156 Å². The summed E-state index contributed by atoms with van der Waals surface area (Å²) in [7, 11) is 1.62. The van der Waals surface area contributed by atoms with Gasteiger partial charge in [0.25, 0.3) is 23.6 Å². The second-order valence-corrected chi connectivity index (χ2v) is 34.0. The molecule has 12 aliphatic carbocycles. The van der Waals surface area contributed by atoms with Gasteiger partial charge in [0, 0.05) is 119 Å². The number of carbonyl (C=O) groups is 8. The van der Waals surface area contributed by atoms with Gasteiger partial charge in [-0.05, 0) is 216 Å². The Morgan fingerprint density at radius 3 is 1.35 bits per heavy atom. The van der Waals surface area contributed by atoms with E-state index in [9.17, 15) is 56.3 Å². The SMILES string of the molecule is CC(C)n1ccc(C(=O)CC23CC(NC(=O)COc4ccc(Cl)c(F)c4)(C2)C3)n1.Cc1cc(OCC(=O)CC23CC(NC(=O)c4ccncc4F)(C2)C3)ccc1Cl.Cc1cc(OCC(=O)CC23CC(NC(=O)c4ccon4)(C2)C3)ccc1Cl.Cn1cc(C(=O)CC23CC(NC(=O)COc4ccc(Cl)c(F)c4)(C2)C3)ccc1=O. The summed E-state index contributed by atoms with van der Waals surface area (Å²) < 4.78 is 70.1. The number of hydrogen-bond donors (Lipinski definition) is 4. The number of ether oxygens (including phenoxy) is 4. The molecule has 8 bridgehead atoms.